The first-order chi connectivity index (χ1) is 15.2. The SMILES string of the molecule is Cn1cc(CC(=O)N2CCN(c3ccc(-c4ccncc4)nn3)CC2)c2ccccc21. The number of pyridine rings is 1. The molecule has 1 amide bonds. The van der Waals surface area contributed by atoms with Crippen molar-refractivity contribution < 1.29 is 4.79 Å². The molecular formula is C24H24N6O. The molecule has 0 N–H and O–H groups in total. The van der Waals surface area contributed by atoms with Crippen LogP contribution >= 0.6 is 0 Å². The Hall–Kier alpha value is -3.74. The number of aryl methyl sites for hydroxylation is 1. The molecular weight excluding hydrogens is 388 g/mol. The van der Waals surface area contributed by atoms with Gasteiger partial charge >= 0.3 is 0 Å². The number of nitrogens with zero attached hydrogens (tertiary/aromatic N) is 6. The number of carbonyl (C=O) groups is 1. The highest BCUT2D eigenvalue weighted by Gasteiger charge is 2.23. The number of para-hydroxylation sites is 1. The lowest BCUT2D eigenvalue weighted by Crippen LogP contribution is -2.49. The van der Waals surface area contributed by atoms with E-state index in [-0.39, 0.29) is 5.91 Å². The van der Waals surface area contributed by atoms with Crippen molar-refractivity contribution >= 4 is 22.6 Å². The quantitative estimate of drug-likeness (QED) is 0.516. The maximum atomic E-state index is 12.9. The average Bonchev–Trinajstić information content (AvgIpc) is 3.15. The second kappa shape index (κ2) is 8.18. The number of aromatic nitrogens is 4. The van der Waals surface area contributed by atoms with Crippen LogP contribution < -0.4 is 4.90 Å². The van der Waals surface area contributed by atoms with Crippen molar-refractivity contribution in [1.29, 1.82) is 0 Å². The molecule has 156 valence electrons. The Labute approximate surface area is 181 Å². The van der Waals surface area contributed by atoms with Crippen LogP contribution in [0.3, 0.4) is 0 Å². The van der Waals surface area contributed by atoms with E-state index in [9.17, 15) is 4.79 Å². The number of carbonyl (C=O) groups excluding carboxylic acids is 1. The van der Waals surface area contributed by atoms with E-state index in [1.165, 1.54) is 0 Å². The average molecular weight is 412 g/mol. The van der Waals surface area contributed by atoms with E-state index in [2.05, 4.69) is 43.0 Å². The first kappa shape index (κ1) is 19.2. The normalized spacial score (nSPS) is 14.2. The van der Waals surface area contributed by atoms with Crippen molar-refractivity contribution in [1.82, 2.24) is 24.6 Å². The Morgan fingerprint density at radius 2 is 1.71 bits per heavy atom. The summed E-state index contributed by atoms with van der Waals surface area (Å²) in [7, 11) is 2.02. The fourth-order valence-electron chi connectivity index (χ4n) is 4.20. The van der Waals surface area contributed by atoms with E-state index in [4.69, 9.17) is 0 Å². The van der Waals surface area contributed by atoms with Gasteiger partial charge in [0.05, 0.1) is 12.1 Å². The van der Waals surface area contributed by atoms with Gasteiger partial charge in [-0.1, -0.05) is 18.2 Å². The molecule has 31 heavy (non-hydrogen) atoms. The molecule has 1 fully saturated rings. The number of fused-ring (bicyclic) bond motifs is 1. The van der Waals surface area contributed by atoms with Gasteiger partial charge in [-0.15, -0.1) is 10.2 Å². The van der Waals surface area contributed by atoms with Crippen LogP contribution in [0.2, 0.25) is 0 Å². The largest absolute Gasteiger partial charge is 0.352 e. The summed E-state index contributed by atoms with van der Waals surface area (Å²) in [6, 6.07) is 16.0. The summed E-state index contributed by atoms with van der Waals surface area (Å²) in [5, 5.41) is 9.92. The predicted octanol–water partition coefficient (Wildman–Crippen LogP) is 2.92. The first-order valence-electron chi connectivity index (χ1n) is 10.5. The minimum absolute atomic E-state index is 0.176. The molecule has 1 aromatic carbocycles. The lowest BCUT2D eigenvalue weighted by Gasteiger charge is -2.35. The molecule has 1 aliphatic heterocycles. The number of hydrogen-bond donors (Lipinski definition) is 0. The van der Waals surface area contributed by atoms with Crippen LogP contribution in [0.5, 0.6) is 0 Å². The summed E-state index contributed by atoms with van der Waals surface area (Å²) >= 11 is 0. The van der Waals surface area contributed by atoms with Gasteiger partial charge in [0.1, 0.15) is 0 Å². The van der Waals surface area contributed by atoms with Gasteiger partial charge in [0, 0.05) is 68.3 Å². The monoisotopic (exact) mass is 412 g/mol. The van der Waals surface area contributed by atoms with Crippen LogP contribution in [0.1, 0.15) is 5.56 Å². The van der Waals surface area contributed by atoms with E-state index in [1.54, 1.807) is 12.4 Å². The second-order valence-corrected chi connectivity index (χ2v) is 7.84. The van der Waals surface area contributed by atoms with Gasteiger partial charge in [-0.05, 0) is 35.9 Å². The summed E-state index contributed by atoms with van der Waals surface area (Å²) in [5.41, 5.74) is 4.07. The lowest BCUT2D eigenvalue weighted by molar-refractivity contribution is -0.130. The van der Waals surface area contributed by atoms with Crippen LogP contribution in [0, 0.1) is 0 Å². The molecule has 1 saturated heterocycles. The van der Waals surface area contributed by atoms with Crippen molar-refractivity contribution in [3.8, 4) is 11.3 Å². The highest BCUT2D eigenvalue weighted by molar-refractivity contribution is 5.89. The Kier molecular flexibility index (Phi) is 5.08. The molecule has 0 bridgehead atoms. The van der Waals surface area contributed by atoms with Gasteiger partial charge in [-0.2, -0.15) is 0 Å². The summed E-state index contributed by atoms with van der Waals surface area (Å²) in [5.74, 6) is 1.02. The van der Waals surface area contributed by atoms with Gasteiger partial charge < -0.3 is 14.4 Å². The summed E-state index contributed by atoms with van der Waals surface area (Å²) in [4.78, 5) is 21.1. The van der Waals surface area contributed by atoms with E-state index < -0.39 is 0 Å². The molecule has 1 aliphatic rings. The molecule has 4 heterocycles. The first-order valence-corrected chi connectivity index (χ1v) is 10.5. The zero-order chi connectivity index (χ0) is 21.2. The minimum Gasteiger partial charge on any atom is -0.352 e. The molecule has 4 aromatic rings. The van der Waals surface area contributed by atoms with Gasteiger partial charge in [0.2, 0.25) is 5.91 Å². The Bertz CT molecular complexity index is 1190. The van der Waals surface area contributed by atoms with Crippen molar-refractivity contribution in [3.63, 3.8) is 0 Å². The smallest absolute Gasteiger partial charge is 0.227 e. The minimum atomic E-state index is 0.176. The van der Waals surface area contributed by atoms with E-state index in [1.807, 2.05) is 48.3 Å². The van der Waals surface area contributed by atoms with Crippen molar-refractivity contribution in [2.75, 3.05) is 31.1 Å². The molecule has 0 unspecified atom stereocenters. The van der Waals surface area contributed by atoms with Gasteiger partial charge in [-0.3, -0.25) is 9.78 Å². The molecule has 3 aromatic heterocycles. The summed E-state index contributed by atoms with van der Waals surface area (Å²) < 4.78 is 2.09. The number of anilines is 1. The third-order valence-corrected chi connectivity index (χ3v) is 5.90. The van der Waals surface area contributed by atoms with Crippen LogP contribution in [-0.4, -0.2) is 56.7 Å². The van der Waals surface area contributed by atoms with Crippen LogP contribution in [0.4, 0.5) is 5.82 Å². The molecule has 0 spiro atoms. The van der Waals surface area contributed by atoms with Crippen molar-refractivity contribution in [2.45, 2.75) is 6.42 Å². The highest BCUT2D eigenvalue weighted by atomic mass is 16.2. The Morgan fingerprint density at radius 3 is 2.45 bits per heavy atom. The predicted molar refractivity (Wildman–Crippen MR) is 121 cm³/mol. The Balaban J connectivity index is 1.21. The van der Waals surface area contributed by atoms with E-state index in [0.717, 1.165) is 46.6 Å². The molecule has 7 heteroatoms. The number of benzene rings is 1. The van der Waals surface area contributed by atoms with Crippen LogP contribution in [-0.2, 0) is 18.3 Å². The van der Waals surface area contributed by atoms with E-state index in [0.29, 0.717) is 19.5 Å². The van der Waals surface area contributed by atoms with Gasteiger partial charge in [-0.25, -0.2) is 0 Å². The summed E-state index contributed by atoms with van der Waals surface area (Å²) in [6.07, 6.45) is 6.00. The van der Waals surface area contributed by atoms with E-state index >= 15 is 0 Å². The number of hydrogen-bond acceptors (Lipinski definition) is 5. The molecule has 0 atom stereocenters. The number of rotatable bonds is 4. The topological polar surface area (TPSA) is 67.2 Å². The molecule has 0 saturated carbocycles. The standard InChI is InChI=1S/C24H24N6O/c1-28-17-19(20-4-2-3-5-22(20)28)16-24(31)30-14-12-29(13-15-30)23-7-6-21(26-27-23)18-8-10-25-11-9-18/h2-11,17H,12-16H2,1H3. The van der Waals surface area contributed by atoms with Gasteiger partial charge in [0.25, 0.3) is 0 Å². The third kappa shape index (κ3) is 3.86. The molecule has 0 aliphatic carbocycles. The third-order valence-electron chi connectivity index (χ3n) is 5.90. The maximum absolute atomic E-state index is 12.9. The zero-order valence-corrected chi connectivity index (χ0v) is 17.5. The fraction of sp³-hybridized carbons (Fsp3) is 0.250. The number of amides is 1. The van der Waals surface area contributed by atoms with Crippen molar-refractivity contribution in [3.05, 3.63) is 72.7 Å². The second-order valence-electron chi connectivity index (χ2n) is 7.84. The number of piperazine rings is 1. The maximum Gasteiger partial charge on any atom is 0.227 e. The Morgan fingerprint density at radius 1 is 0.935 bits per heavy atom. The highest BCUT2D eigenvalue weighted by Crippen LogP contribution is 2.22. The summed E-state index contributed by atoms with van der Waals surface area (Å²) in [6.45, 7) is 2.89. The zero-order valence-electron chi connectivity index (χ0n) is 17.5. The fourth-order valence-corrected chi connectivity index (χ4v) is 4.20. The molecule has 7 nitrogen and oxygen atoms in total. The molecule has 0 radical (unpaired) electrons. The van der Waals surface area contributed by atoms with Crippen LogP contribution in [0.25, 0.3) is 22.2 Å². The lowest BCUT2D eigenvalue weighted by atomic mass is 10.1. The van der Waals surface area contributed by atoms with Gasteiger partial charge in [0.15, 0.2) is 5.82 Å². The molecule has 5 rings (SSSR count). The van der Waals surface area contributed by atoms with Crippen molar-refractivity contribution in [2.24, 2.45) is 7.05 Å². The van der Waals surface area contributed by atoms with Crippen LogP contribution in [0.15, 0.2) is 67.1 Å².